The van der Waals surface area contributed by atoms with Crippen molar-refractivity contribution < 1.29 is 18.8 Å². The lowest BCUT2D eigenvalue weighted by atomic mass is 9.90. The van der Waals surface area contributed by atoms with Gasteiger partial charge >= 0.3 is 6.03 Å². The van der Waals surface area contributed by atoms with Gasteiger partial charge in [-0.15, -0.1) is 0 Å². The molecule has 1 fully saturated rings. The molecule has 160 valence electrons. The van der Waals surface area contributed by atoms with Gasteiger partial charge in [0.25, 0.3) is 5.91 Å². The first kappa shape index (κ1) is 19.7. The first-order valence-corrected chi connectivity index (χ1v) is 10.1. The zero-order chi connectivity index (χ0) is 22.3. The van der Waals surface area contributed by atoms with Crippen LogP contribution in [0.5, 0.6) is 5.75 Å². The van der Waals surface area contributed by atoms with Crippen molar-refractivity contribution in [1.82, 2.24) is 20.4 Å². The third-order valence-corrected chi connectivity index (χ3v) is 5.71. The smallest absolute Gasteiger partial charge is 0.325 e. The number of aromatic nitrogens is 2. The Bertz CT molecular complexity index is 1330. The zero-order valence-electron chi connectivity index (χ0n) is 17.5. The maximum Gasteiger partial charge on any atom is 0.325 e. The molecule has 0 spiro atoms. The van der Waals surface area contributed by atoms with Gasteiger partial charge in [0.15, 0.2) is 0 Å². The van der Waals surface area contributed by atoms with Crippen molar-refractivity contribution >= 4 is 22.7 Å². The highest BCUT2D eigenvalue weighted by molar-refractivity contribution is 6.07. The van der Waals surface area contributed by atoms with E-state index in [9.17, 15) is 9.59 Å². The molecule has 4 aromatic rings. The number of fused-ring (bicyclic) bond motifs is 1. The molecular weight excluding hydrogens is 408 g/mol. The number of nitrogens with zero attached hydrogens (tertiary/aromatic N) is 3. The SMILES string of the molecule is COc1ccc(-c2noc(CN3C(=O)NC(C)(c4ccc5ccccc5c4)C3=O)n2)cc1. The highest BCUT2D eigenvalue weighted by Crippen LogP contribution is 2.32. The third kappa shape index (κ3) is 3.26. The number of urea groups is 1. The molecule has 3 aromatic carbocycles. The van der Waals surface area contributed by atoms with Crippen LogP contribution < -0.4 is 10.1 Å². The summed E-state index contributed by atoms with van der Waals surface area (Å²) in [6.07, 6.45) is 0. The van der Waals surface area contributed by atoms with Crippen LogP contribution in [0, 0.1) is 0 Å². The monoisotopic (exact) mass is 428 g/mol. The molecule has 32 heavy (non-hydrogen) atoms. The van der Waals surface area contributed by atoms with E-state index in [1.54, 1.807) is 38.3 Å². The molecule has 8 nitrogen and oxygen atoms in total. The number of benzene rings is 3. The van der Waals surface area contributed by atoms with Crippen molar-refractivity contribution in [3.05, 3.63) is 78.2 Å². The molecule has 2 heterocycles. The van der Waals surface area contributed by atoms with Crippen molar-refractivity contribution in [2.75, 3.05) is 7.11 Å². The Kier molecular flexibility index (Phi) is 4.62. The Labute approximate surface area is 183 Å². The van der Waals surface area contributed by atoms with E-state index >= 15 is 0 Å². The van der Waals surface area contributed by atoms with Crippen LogP contribution in [0.3, 0.4) is 0 Å². The van der Waals surface area contributed by atoms with E-state index < -0.39 is 11.6 Å². The Balaban J connectivity index is 1.38. The standard InChI is InChI=1S/C24H20N4O4/c1-24(18-10-7-15-5-3-4-6-17(15)13-18)22(29)28(23(30)26-24)14-20-25-21(27-32-20)16-8-11-19(31-2)12-9-16/h3-13H,14H2,1-2H3,(H,26,30). The number of carbonyl (C=O) groups is 2. The van der Waals surface area contributed by atoms with Crippen LogP contribution in [0.4, 0.5) is 4.79 Å². The summed E-state index contributed by atoms with van der Waals surface area (Å²) >= 11 is 0. The van der Waals surface area contributed by atoms with E-state index in [1.807, 2.05) is 42.5 Å². The first-order valence-electron chi connectivity index (χ1n) is 10.1. The molecule has 5 rings (SSSR count). The van der Waals surface area contributed by atoms with Crippen LogP contribution >= 0.6 is 0 Å². The Morgan fingerprint density at radius 2 is 1.78 bits per heavy atom. The number of hydrogen-bond acceptors (Lipinski definition) is 6. The molecule has 1 saturated heterocycles. The molecule has 1 aliphatic rings. The number of imide groups is 1. The summed E-state index contributed by atoms with van der Waals surface area (Å²) in [5.41, 5.74) is 0.264. The second-order valence-corrected chi connectivity index (χ2v) is 7.75. The van der Waals surface area contributed by atoms with Crippen LogP contribution in [-0.2, 0) is 16.9 Å². The summed E-state index contributed by atoms with van der Waals surface area (Å²) in [5.74, 6) is 0.876. The Hall–Kier alpha value is -4.20. The van der Waals surface area contributed by atoms with Gasteiger partial charge < -0.3 is 14.6 Å². The number of hydrogen-bond donors (Lipinski definition) is 1. The van der Waals surface area contributed by atoms with E-state index in [4.69, 9.17) is 9.26 Å². The number of methoxy groups -OCH3 is 1. The molecule has 0 bridgehead atoms. The molecule has 1 atom stereocenters. The molecule has 1 aromatic heterocycles. The lowest BCUT2D eigenvalue weighted by Gasteiger charge is -2.22. The van der Waals surface area contributed by atoms with Crippen LogP contribution in [0.25, 0.3) is 22.2 Å². The molecule has 0 aliphatic carbocycles. The average Bonchev–Trinajstić information content (AvgIpc) is 3.38. The minimum Gasteiger partial charge on any atom is -0.497 e. The van der Waals surface area contributed by atoms with Crippen molar-refractivity contribution in [3.8, 4) is 17.1 Å². The second-order valence-electron chi connectivity index (χ2n) is 7.75. The van der Waals surface area contributed by atoms with E-state index in [-0.39, 0.29) is 18.3 Å². The van der Waals surface area contributed by atoms with Crippen LogP contribution in [0.15, 0.2) is 71.3 Å². The number of ether oxygens (including phenoxy) is 1. The summed E-state index contributed by atoms with van der Waals surface area (Å²) in [5, 5.41) is 8.84. The van der Waals surface area contributed by atoms with E-state index in [1.165, 1.54) is 0 Å². The number of amides is 3. The van der Waals surface area contributed by atoms with Crippen molar-refractivity contribution in [1.29, 1.82) is 0 Å². The predicted molar refractivity (Wildman–Crippen MR) is 117 cm³/mol. The van der Waals surface area contributed by atoms with Crippen LogP contribution in [0.1, 0.15) is 18.4 Å². The van der Waals surface area contributed by atoms with Gasteiger partial charge in [-0.3, -0.25) is 9.69 Å². The highest BCUT2D eigenvalue weighted by atomic mass is 16.5. The minimum absolute atomic E-state index is 0.114. The molecule has 1 aliphatic heterocycles. The summed E-state index contributed by atoms with van der Waals surface area (Å²) < 4.78 is 10.4. The van der Waals surface area contributed by atoms with Gasteiger partial charge in [0.05, 0.1) is 7.11 Å². The van der Waals surface area contributed by atoms with Gasteiger partial charge in [-0.05, 0) is 53.6 Å². The van der Waals surface area contributed by atoms with Crippen molar-refractivity contribution in [2.24, 2.45) is 0 Å². The average molecular weight is 428 g/mol. The van der Waals surface area contributed by atoms with E-state index in [0.29, 0.717) is 17.1 Å². The van der Waals surface area contributed by atoms with Gasteiger partial charge in [-0.1, -0.05) is 41.6 Å². The fraction of sp³-hybridized carbons (Fsp3) is 0.167. The Morgan fingerprint density at radius 3 is 2.53 bits per heavy atom. The minimum atomic E-state index is -1.18. The molecule has 0 saturated carbocycles. The normalized spacial score (nSPS) is 18.2. The fourth-order valence-corrected chi connectivity index (χ4v) is 3.85. The Morgan fingerprint density at radius 1 is 1.03 bits per heavy atom. The molecular formula is C24H20N4O4. The largest absolute Gasteiger partial charge is 0.497 e. The molecule has 3 amide bonds. The highest BCUT2D eigenvalue weighted by Gasteiger charge is 2.49. The first-order chi connectivity index (χ1) is 15.5. The van der Waals surface area contributed by atoms with Gasteiger partial charge in [0.2, 0.25) is 11.7 Å². The number of rotatable bonds is 5. The van der Waals surface area contributed by atoms with Gasteiger partial charge in [0.1, 0.15) is 17.8 Å². The summed E-state index contributed by atoms with van der Waals surface area (Å²) in [6.45, 7) is 1.59. The van der Waals surface area contributed by atoms with Gasteiger partial charge in [0, 0.05) is 5.56 Å². The molecule has 0 radical (unpaired) electrons. The maximum absolute atomic E-state index is 13.3. The van der Waals surface area contributed by atoms with Crippen LogP contribution in [-0.4, -0.2) is 34.1 Å². The van der Waals surface area contributed by atoms with Crippen molar-refractivity contribution in [2.45, 2.75) is 19.0 Å². The number of carbonyl (C=O) groups excluding carboxylic acids is 2. The predicted octanol–water partition coefficient (Wildman–Crippen LogP) is 3.87. The fourth-order valence-electron chi connectivity index (χ4n) is 3.85. The lowest BCUT2D eigenvalue weighted by Crippen LogP contribution is -2.40. The summed E-state index contributed by atoms with van der Waals surface area (Å²) in [7, 11) is 1.59. The summed E-state index contributed by atoms with van der Waals surface area (Å²) in [6, 6.07) is 20.3. The van der Waals surface area contributed by atoms with Crippen LogP contribution in [0.2, 0.25) is 0 Å². The lowest BCUT2D eigenvalue weighted by molar-refractivity contribution is -0.131. The topological polar surface area (TPSA) is 97.6 Å². The van der Waals surface area contributed by atoms with Gasteiger partial charge in [-0.25, -0.2) is 4.79 Å². The second kappa shape index (κ2) is 7.49. The molecule has 8 heteroatoms. The maximum atomic E-state index is 13.3. The summed E-state index contributed by atoms with van der Waals surface area (Å²) in [4.78, 5) is 31.4. The zero-order valence-corrected chi connectivity index (χ0v) is 17.5. The molecule has 1 N–H and O–H groups in total. The third-order valence-electron chi connectivity index (χ3n) is 5.71. The van der Waals surface area contributed by atoms with Gasteiger partial charge in [-0.2, -0.15) is 4.98 Å². The quantitative estimate of drug-likeness (QED) is 0.485. The van der Waals surface area contributed by atoms with Crippen molar-refractivity contribution in [3.63, 3.8) is 0 Å². The molecule has 1 unspecified atom stereocenters. The number of nitrogens with one attached hydrogen (secondary N) is 1. The van der Waals surface area contributed by atoms with E-state index in [2.05, 4.69) is 15.5 Å². The van der Waals surface area contributed by atoms with E-state index in [0.717, 1.165) is 21.2 Å².